The Labute approximate surface area is 132 Å². The van der Waals surface area contributed by atoms with Gasteiger partial charge in [0.1, 0.15) is 17.2 Å². The highest BCUT2D eigenvalue weighted by atomic mass is 79.9. The highest BCUT2D eigenvalue weighted by Gasteiger charge is 2.10. The maximum absolute atomic E-state index is 6.21. The minimum absolute atomic E-state index is 0.642. The molecule has 106 valence electrons. The summed E-state index contributed by atoms with van der Waals surface area (Å²) in [5.74, 6) is 2.22. The standard InChI is InChI=1S/C15H15BrClNO2/c1-18-9-11-13(17)4-3-5-14(11)20-15-7-6-10(19-2)8-12(15)16/h3-8,18H,9H2,1-2H3. The van der Waals surface area contributed by atoms with E-state index < -0.39 is 0 Å². The summed E-state index contributed by atoms with van der Waals surface area (Å²) in [5.41, 5.74) is 0.930. The van der Waals surface area contributed by atoms with Gasteiger partial charge in [-0.1, -0.05) is 17.7 Å². The van der Waals surface area contributed by atoms with E-state index >= 15 is 0 Å². The van der Waals surface area contributed by atoms with Crippen molar-refractivity contribution in [3.8, 4) is 17.2 Å². The van der Waals surface area contributed by atoms with Gasteiger partial charge >= 0.3 is 0 Å². The molecule has 0 aromatic heterocycles. The third-order valence-electron chi connectivity index (χ3n) is 2.79. The molecule has 0 amide bonds. The van der Waals surface area contributed by atoms with Gasteiger partial charge in [0.15, 0.2) is 0 Å². The first-order valence-electron chi connectivity index (χ1n) is 6.09. The summed E-state index contributed by atoms with van der Waals surface area (Å²) < 4.78 is 11.9. The number of rotatable bonds is 5. The number of nitrogens with one attached hydrogen (secondary N) is 1. The molecule has 3 nitrogen and oxygen atoms in total. The van der Waals surface area contributed by atoms with Crippen LogP contribution in [0.2, 0.25) is 5.02 Å². The lowest BCUT2D eigenvalue weighted by molar-refractivity contribution is 0.412. The van der Waals surface area contributed by atoms with Gasteiger partial charge in [-0.3, -0.25) is 0 Å². The normalized spacial score (nSPS) is 10.4. The van der Waals surface area contributed by atoms with Gasteiger partial charge < -0.3 is 14.8 Å². The Morgan fingerprint density at radius 1 is 1.20 bits per heavy atom. The number of halogens is 2. The molecule has 0 saturated carbocycles. The van der Waals surface area contributed by atoms with Crippen LogP contribution >= 0.6 is 27.5 Å². The van der Waals surface area contributed by atoms with E-state index in [1.165, 1.54) is 0 Å². The smallest absolute Gasteiger partial charge is 0.141 e. The Balaban J connectivity index is 2.32. The molecule has 0 spiro atoms. The quantitative estimate of drug-likeness (QED) is 0.848. The van der Waals surface area contributed by atoms with Crippen molar-refractivity contribution in [3.63, 3.8) is 0 Å². The summed E-state index contributed by atoms with van der Waals surface area (Å²) >= 11 is 9.68. The van der Waals surface area contributed by atoms with Crippen molar-refractivity contribution in [2.24, 2.45) is 0 Å². The van der Waals surface area contributed by atoms with Crippen molar-refractivity contribution in [1.29, 1.82) is 0 Å². The zero-order valence-corrected chi connectivity index (χ0v) is 13.6. The molecule has 0 aliphatic rings. The molecule has 0 unspecified atom stereocenters. The lowest BCUT2D eigenvalue weighted by Crippen LogP contribution is -2.07. The molecule has 0 radical (unpaired) electrons. The van der Waals surface area contributed by atoms with Crippen molar-refractivity contribution >= 4 is 27.5 Å². The van der Waals surface area contributed by atoms with E-state index in [-0.39, 0.29) is 0 Å². The average molecular weight is 357 g/mol. The molecular formula is C15H15BrClNO2. The molecule has 2 aromatic carbocycles. The van der Waals surface area contributed by atoms with E-state index in [4.69, 9.17) is 21.1 Å². The second-order valence-electron chi connectivity index (χ2n) is 4.15. The Morgan fingerprint density at radius 3 is 2.65 bits per heavy atom. The fraction of sp³-hybridized carbons (Fsp3) is 0.200. The molecule has 5 heteroatoms. The zero-order valence-electron chi connectivity index (χ0n) is 11.2. The summed E-state index contributed by atoms with van der Waals surface area (Å²) in [5, 5.41) is 3.77. The van der Waals surface area contributed by atoms with Crippen LogP contribution in [0.15, 0.2) is 40.9 Å². The fourth-order valence-corrected chi connectivity index (χ4v) is 2.46. The first-order valence-corrected chi connectivity index (χ1v) is 7.26. The summed E-state index contributed by atoms with van der Waals surface area (Å²) in [6.45, 7) is 0.642. The maximum atomic E-state index is 6.21. The molecule has 0 fully saturated rings. The van der Waals surface area contributed by atoms with Crippen LogP contribution in [-0.4, -0.2) is 14.2 Å². The van der Waals surface area contributed by atoms with E-state index in [1.54, 1.807) is 7.11 Å². The highest BCUT2D eigenvalue weighted by Crippen LogP contribution is 2.35. The van der Waals surface area contributed by atoms with Crippen molar-refractivity contribution in [1.82, 2.24) is 5.32 Å². The van der Waals surface area contributed by atoms with E-state index in [2.05, 4.69) is 21.2 Å². The molecule has 0 aliphatic heterocycles. The van der Waals surface area contributed by atoms with Crippen LogP contribution in [0, 0.1) is 0 Å². The van der Waals surface area contributed by atoms with Crippen LogP contribution in [-0.2, 0) is 6.54 Å². The lowest BCUT2D eigenvalue weighted by Gasteiger charge is -2.14. The Hall–Kier alpha value is -1.23. The second kappa shape index (κ2) is 6.97. The van der Waals surface area contributed by atoms with Gasteiger partial charge in [-0.25, -0.2) is 0 Å². The van der Waals surface area contributed by atoms with Crippen molar-refractivity contribution in [3.05, 3.63) is 51.5 Å². The van der Waals surface area contributed by atoms with Crippen molar-refractivity contribution < 1.29 is 9.47 Å². The average Bonchev–Trinajstić information content (AvgIpc) is 2.44. The second-order valence-corrected chi connectivity index (χ2v) is 5.41. The summed E-state index contributed by atoms with van der Waals surface area (Å²) in [4.78, 5) is 0. The molecule has 1 N–H and O–H groups in total. The molecule has 2 aromatic rings. The van der Waals surface area contributed by atoms with Crippen molar-refractivity contribution in [2.75, 3.05) is 14.2 Å². The van der Waals surface area contributed by atoms with Crippen LogP contribution in [0.5, 0.6) is 17.2 Å². The first-order chi connectivity index (χ1) is 9.65. The van der Waals surface area contributed by atoms with Gasteiger partial charge in [0.2, 0.25) is 0 Å². The molecule has 20 heavy (non-hydrogen) atoms. The van der Waals surface area contributed by atoms with E-state index in [0.29, 0.717) is 17.3 Å². The molecule has 0 atom stereocenters. The third-order valence-corrected chi connectivity index (χ3v) is 3.76. The first kappa shape index (κ1) is 15.2. The summed E-state index contributed by atoms with van der Waals surface area (Å²) in [7, 11) is 3.50. The van der Waals surface area contributed by atoms with Crippen LogP contribution in [0.4, 0.5) is 0 Å². The number of benzene rings is 2. The van der Waals surface area contributed by atoms with Gasteiger partial charge in [-0.05, 0) is 53.3 Å². The predicted molar refractivity (Wildman–Crippen MR) is 85.0 cm³/mol. The SMILES string of the molecule is CNCc1c(Cl)cccc1Oc1ccc(OC)cc1Br. The third kappa shape index (κ3) is 3.45. The number of hydrogen-bond acceptors (Lipinski definition) is 3. The van der Waals surface area contributed by atoms with E-state index in [0.717, 1.165) is 21.5 Å². The van der Waals surface area contributed by atoms with Crippen LogP contribution in [0.1, 0.15) is 5.56 Å². The molecule has 2 rings (SSSR count). The largest absolute Gasteiger partial charge is 0.497 e. The molecule has 0 heterocycles. The van der Waals surface area contributed by atoms with Gasteiger partial charge in [0.25, 0.3) is 0 Å². The van der Waals surface area contributed by atoms with Crippen molar-refractivity contribution in [2.45, 2.75) is 6.54 Å². The Kier molecular flexibility index (Phi) is 5.29. The molecular weight excluding hydrogens is 342 g/mol. The van der Waals surface area contributed by atoms with Crippen LogP contribution in [0.3, 0.4) is 0 Å². The molecule has 0 bridgehead atoms. The fourth-order valence-electron chi connectivity index (χ4n) is 1.79. The van der Waals surface area contributed by atoms with Crippen LogP contribution in [0.25, 0.3) is 0 Å². The predicted octanol–water partition coefficient (Wildman–Crippen LogP) is 4.62. The molecule has 0 aliphatic carbocycles. The van der Waals surface area contributed by atoms with Gasteiger partial charge in [0, 0.05) is 17.1 Å². The topological polar surface area (TPSA) is 30.5 Å². The van der Waals surface area contributed by atoms with Gasteiger partial charge in [0.05, 0.1) is 11.6 Å². The minimum Gasteiger partial charge on any atom is -0.497 e. The van der Waals surface area contributed by atoms with E-state index in [9.17, 15) is 0 Å². The molecule has 0 saturated heterocycles. The summed E-state index contributed by atoms with van der Waals surface area (Å²) in [6.07, 6.45) is 0. The summed E-state index contributed by atoms with van der Waals surface area (Å²) in [6, 6.07) is 11.2. The van der Waals surface area contributed by atoms with Crippen LogP contribution < -0.4 is 14.8 Å². The Bertz CT molecular complexity index is 604. The minimum atomic E-state index is 0.642. The highest BCUT2D eigenvalue weighted by molar-refractivity contribution is 9.10. The zero-order chi connectivity index (χ0) is 14.5. The number of methoxy groups -OCH3 is 1. The Morgan fingerprint density at radius 2 is 2.00 bits per heavy atom. The van der Waals surface area contributed by atoms with Gasteiger partial charge in [-0.15, -0.1) is 0 Å². The number of hydrogen-bond donors (Lipinski definition) is 1. The van der Waals surface area contributed by atoms with E-state index in [1.807, 2.05) is 43.4 Å². The monoisotopic (exact) mass is 355 g/mol. The van der Waals surface area contributed by atoms with Gasteiger partial charge in [-0.2, -0.15) is 0 Å². The number of ether oxygens (including phenoxy) is 2. The maximum Gasteiger partial charge on any atom is 0.141 e. The lowest BCUT2D eigenvalue weighted by atomic mass is 10.2.